The molecule has 2 aromatic rings. The van der Waals surface area contributed by atoms with Crippen LogP contribution in [-0.2, 0) is 0 Å². The number of aromatic nitrogens is 2. The molecule has 1 heterocycles. The molecule has 8 heteroatoms. The number of carboxylic acid groups (broad SMARTS) is 1. The predicted molar refractivity (Wildman–Crippen MR) is 69.9 cm³/mol. The van der Waals surface area contributed by atoms with Crippen LogP contribution in [0.2, 0.25) is 5.02 Å². The van der Waals surface area contributed by atoms with Crippen LogP contribution in [-0.4, -0.2) is 28.2 Å². The van der Waals surface area contributed by atoms with E-state index in [0.717, 1.165) is 6.33 Å². The summed E-state index contributed by atoms with van der Waals surface area (Å²) in [4.78, 5) is 28.5. The number of rotatable bonds is 4. The Kier molecular flexibility index (Phi) is 3.90. The molecule has 2 rings (SSSR count). The van der Waals surface area contributed by atoms with Gasteiger partial charge in [0.1, 0.15) is 5.56 Å². The monoisotopic (exact) mass is 296 g/mol. The van der Waals surface area contributed by atoms with E-state index in [9.17, 15) is 9.59 Å². The molecule has 7 nitrogen and oxygen atoms in total. The van der Waals surface area contributed by atoms with Gasteiger partial charge in [0.15, 0.2) is 16.5 Å². The molecule has 0 aliphatic heterocycles. The van der Waals surface area contributed by atoms with Crippen LogP contribution < -0.4 is 15.0 Å². The molecule has 1 aromatic carbocycles. The smallest absolute Gasteiger partial charge is 0.339 e. The van der Waals surface area contributed by atoms with Gasteiger partial charge in [0, 0.05) is 0 Å². The van der Waals surface area contributed by atoms with Crippen molar-refractivity contribution in [2.75, 3.05) is 7.11 Å². The van der Waals surface area contributed by atoms with Crippen LogP contribution in [0.4, 0.5) is 0 Å². The van der Waals surface area contributed by atoms with Gasteiger partial charge in [-0.25, -0.2) is 9.78 Å². The first kappa shape index (κ1) is 13.9. The number of benzene rings is 1. The third kappa shape index (κ3) is 2.57. The molecule has 1 aromatic heterocycles. The second kappa shape index (κ2) is 5.62. The summed E-state index contributed by atoms with van der Waals surface area (Å²) in [5, 5.41) is 8.85. The predicted octanol–water partition coefficient (Wildman–Crippen LogP) is 1.92. The number of carboxylic acids is 1. The molecule has 0 aliphatic rings. The summed E-state index contributed by atoms with van der Waals surface area (Å²) in [6.07, 6.45) is 1.10. The topological polar surface area (TPSA) is 102 Å². The van der Waals surface area contributed by atoms with Gasteiger partial charge in [-0.3, -0.25) is 4.79 Å². The van der Waals surface area contributed by atoms with Crippen LogP contribution in [0.1, 0.15) is 10.4 Å². The summed E-state index contributed by atoms with van der Waals surface area (Å²) < 4.78 is 10.4. The number of hydrogen-bond acceptors (Lipinski definition) is 5. The van der Waals surface area contributed by atoms with Crippen LogP contribution in [0.3, 0.4) is 0 Å². The Bertz CT molecular complexity index is 713. The third-order valence-corrected chi connectivity index (χ3v) is 2.73. The van der Waals surface area contributed by atoms with Crippen molar-refractivity contribution in [1.29, 1.82) is 0 Å². The average molecular weight is 297 g/mol. The van der Waals surface area contributed by atoms with E-state index >= 15 is 0 Å². The van der Waals surface area contributed by atoms with Gasteiger partial charge in [-0.2, -0.15) is 0 Å². The minimum absolute atomic E-state index is 0.0810. The van der Waals surface area contributed by atoms with Crippen LogP contribution in [0.25, 0.3) is 0 Å². The Morgan fingerprint density at radius 1 is 1.45 bits per heavy atom. The van der Waals surface area contributed by atoms with Gasteiger partial charge in [0.25, 0.3) is 5.56 Å². The van der Waals surface area contributed by atoms with Crippen molar-refractivity contribution in [2.45, 2.75) is 0 Å². The molecule has 0 atom stereocenters. The maximum atomic E-state index is 11.3. The van der Waals surface area contributed by atoms with Crippen LogP contribution in [0.15, 0.2) is 29.3 Å². The van der Waals surface area contributed by atoms with Gasteiger partial charge in [-0.05, 0) is 12.1 Å². The highest BCUT2D eigenvalue weighted by Gasteiger charge is 2.19. The van der Waals surface area contributed by atoms with Gasteiger partial charge < -0.3 is 19.6 Å². The highest BCUT2D eigenvalue weighted by atomic mass is 35.5. The number of ether oxygens (including phenoxy) is 2. The zero-order chi connectivity index (χ0) is 14.7. The molecule has 0 unspecified atom stereocenters. The number of hydrogen-bond donors (Lipinski definition) is 2. The highest BCUT2D eigenvalue weighted by Crippen LogP contribution is 2.35. The van der Waals surface area contributed by atoms with Crippen molar-refractivity contribution >= 4 is 17.6 Å². The zero-order valence-electron chi connectivity index (χ0n) is 10.2. The second-order valence-corrected chi connectivity index (χ2v) is 3.97. The highest BCUT2D eigenvalue weighted by molar-refractivity contribution is 6.31. The Labute approximate surface area is 117 Å². The van der Waals surface area contributed by atoms with E-state index in [4.69, 9.17) is 26.2 Å². The van der Waals surface area contributed by atoms with Crippen molar-refractivity contribution in [3.8, 4) is 17.4 Å². The number of aromatic carboxylic acids is 1. The van der Waals surface area contributed by atoms with Crippen molar-refractivity contribution in [1.82, 2.24) is 9.97 Å². The molecule has 0 bridgehead atoms. The Morgan fingerprint density at radius 3 is 2.85 bits per heavy atom. The summed E-state index contributed by atoms with van der Waals surface area (Å²) in [7, 11) is 1.36. The fourth-order valence-electron chi connectivity index (χ4n) is 1.48. The normalized spacial score (nSPS) is 10.1. The van der Waals surface area contributed by atoms with Crippen molar-refractivity contribution < 1.29 is 19.4 Å². The Morgan fingerprint density at radius 2 is 2.20 bits per heavy atom. The minimum Gasteiger partial charge on any atom is -0.493 e. The van der Waals surface area contributed by atoms with Gasteiger partial charge >= 0.3 is 5.97 Å². The van der Waals surface area contributed by atoms with Crippen LogP contribution >= 0.6 is 11.6 Å². The summed E-state index contributed by atoms with van der Waals surface area (Å²) in [6, 6.07) is 4.35. The van der Waals surface area contributed by atoms with E-state index < -0.39 is 11.5 Å². The van der Waals surface area contributed by atoms with Crippen LogP contribution in [0, 0.1) is 0 Å². The SMILES string of the molecule is COc1cccc(C(=O)O)c1Oc1nc[nH]c(=O)c1Cl. The lowest BCUT2D eigenvalue weighted by Crippen LogP contribution is -2.09. The number of H-pyrrole nitrogens is 1. The number of halogens is 1. The third-order valence-electron chi connectivity index (χ3n) is 2.39. The molecule has 104 valence electrons. The van der Waals surface area contributed by atoms with Gasteiger partial charge in [-0.15, -0.1) is 0 Å². The van der Waals surface area contributed by atoms with E-state index in [2.05, 4.69) is 9.97 Å². The molecule has 0 saturated heterocycles. The number of aromatic amines is 1. The van der Waals surface area contributed by atoms with Gasteiger partial charge in [0.2, 0.25) is 5.88 Å². The fourth-order valence-corrected chi connectivity index (χ4v) is 1.63. The summed E-state index contributed by atoms with van der Waals surface area (Å²) in [5.41, 5.74) is -0.731. The summed E-state index contributed by atoms with van der Waals surface area (Å²) in [5.74, 6) is -1.31. The first-order valence-corrected chi connectivity index (χ1v) is 5.73. The maximum Gasteiger partial charge on any atom is 0.339 e. The van der Waals surface area contributed by atoms with E-state index in [0.29, 0.717) is 0 Å². The van der Waals surface area contributed by atoms with Crippen molar-refractivity contribution in [3.63, 3.8) is 0 Å². The lowest BCUT2D eigenvalue weighted by atomic mass is 10.2. The van der Waals surface area contributed by atoms with Gasteiger partial charge in [-0.1, -0.05) is 17.7 Å². The van der Waals surface area contributed by atoms with E-state index in [1.807, 2.05) is 0 Å². The molecular formula is C12H9ClN2O5. The first-order chi connectivity index (χ1) is 9.54. The summed E-state index contributed by atoms with van der Waals surface area (Å²) >= 11 is 5.75. The van der Waals surface area contributed by atoms with Gasteiger partial charge in [0.05, 0.1) is 13.4 Å². The zero-order valence-corrected chi connectivity index (χ0v) is 11.0. The quantitative estimate of drug-likeness (QED) is 0.894. The number of carbonyl (C=O) groups is 1. The number of nitrogens with one attached hydrogen (secondary N) is 1. The molecule has 0 saturated carbocycles. The Balaban J connectivity index is 2.55. The first-order valence-electron chi connectivity index (χ1n) is 5.36. The summed E-state index contributed by atoms with van der Waals surface area (Å²) in [6.45, 7) is 0. The standard InChI is InChI=1S/C12H9ClN2O5/c1-19-7-4-2-3-6(12(17)18)9(7)20-11-8(13)10(16)14-5-15-11/h2-5H,1H3,(H,17,18)(H,14,15,16). The molecular weight excluding hydrogens is 288 g/mol. The van der Waals surface area contributed by atoms with E-state index in [1.54, 1.807) is 0 Å². The van der Waals surface area contributed by atoms with Crippen molar-refractivity contribution in [3.05, 3.63) is 45.5 Å². The molecule has 2 N–H and O–H groups in total. The minimum atomic E-state index is -1.21. The molecule has 0 amide bonds. The second-order valence-electron chi connectivity index (χ2n) is 3.59. The lowest BCUT2D eigenvalue weighted by Gasteiger charge is -2.12. The lowest BCUT2D eigenvalue weighted by molar-refractivity contribution is 0.0693. The average Bonchev–Trinajstić information content (AvgIpc) is 2.43. The molecule has 0 aliphatic carbocycles. The molecule has 0 spiro atoms. The maximum absolute atomic E-state index is 11.3. The molecule has 20 heavy (non-hydrogen) atoms. The van der Waals surface area contributed by atoms with E-state index in [1.165, 1.54) is 25.3 Å². The largest absolute Gasteiger partial charge is 0.493 e. The number of methoxy groups -OCH3 is 1. The van der Waals surface area contributed by atoms with Crippen LogP contribution in [0.5, 0.6) is 17.4 Å². The molecule has 0 fully saturated rings. The Hall–Kier alpha value is -2.54. The fraction of sp³-hybridized carbons (Fsp3) is 0.0833. The van der Waals surface area contributed by atoms with Crippen molar-refractivity contribution in [2.24, 2.45) is 0 Å². The number of nitrogens with zero attached hydrogens (tertiary/aromatic N) is 1. The number of para-hydroxylation sites is 1. The molecule has 0 radical (unpaired) electrons. The van der Waals surface area contributed by atoms with E-state index in [-0.39, 0.29) is 28.0 Å².